The van der Waals surface area contributed by atoms with Crippen molar-refractivity contribution in [1.29, 1.82) is 0 Å². The molecule has 0 fully saturated rings. The molecule has 0 heterocycles. The number of hydrogen-bond donors (Lipinski definition) is 2. The van der Waals surface area contributed by atoms with E-state index in [9.17, 15) is 28.8 Å². The molecule has 0 saturated carbocycles. The van der Waals surface area contributed by atoms with Crippen LogP contribution in [0.4, 0.5) is 0 Å². The number of carbonyl (C=O) groups excluding carboxylic acids is 6. The van der Waals surface area contributed by atoms with E-state index in [4.69, 9.17) is 43.4 Å². The smallest absolute Gasteiger partial charge is 0.417 e. The van der Waals surface area contributed by atoms with Crippen LogP contribution in [-0.4, -0.2) is 126 Å². The molecule has 0 atom stereocenters. The zero-order valence-corrected chi connectivity index (χ0v) is 57.8. The highest BCUT2D eigenvalue weighted by molar-refractivity contribution is 6.29. The second-order valence-corrected chi connectivity index (χ2v) is 24.5. The lowest BCUT2D eigenvalue weighted by Gasteiger charge is -2.20. The maximum absolute atomic E-state index is 12.0. The standard InChI is InChI=1S/C25H48O6.C25H48O5.C22H42O5/c1-3-4-5-6-7-8-9-10-11-12-13-14-15-16-17-18-19-30-24(26)22-29-23-25(27)31-21-20-28-2;1-4-5-6-7-8-9-10-11-12-13-14-15-16-17-18-19-21-29-23(27)25(2,3)24(28)30-22-20-26;1-2-3-4-5-6-7-8-9-10-11-12-13-14-15-16-17-19-26-21(24)22(25)27-20-18-23/h3-23H2,1-2H3;26H,4-22H2,1-3H3;23H,2-20H2,1H3. The van der Waals surface area contributed by atoms with Crippen molar-refractivity contribution >= 4 is 35.8 Å². The molecular formula is C72H138O16. The maximum Gasteiger partial charge on any atom is 0.417 e. The predicted octanol–water partition coefficient (Wildman–Crippen LogP) is 17.7. The molecule has 0 rings (SSSR count). The van der Waals surface area contributed by atoms with Gasteiger partial charge in [0.05, 0.1) is 39.6 Å². The Kier molecular flexibility index (Phi) is 75.1. The molecule has 2 N–H and O–H groups in total. The van der Waals surface area contributed by atoms with Crippen molar-refractivity contribution in [2.24, 2.45) is 5.41 Å². The van der Waals surface area contributed by atoms with Gasteiger partial charge in [-0.05, 0) is 33.1 Å². The average molecular weight is 1260 g/mol. The average Bonchev–Trinajstić information content (AvgIpc) is 3.66. The van der Waals surface area contributed by atoms with Crippen LogP contribution in [0.3, 0.4) is 0 Å². The monoisotopic (exact) mass is 1260 g/mol. The summed E-state index contributed by atoms with van der Waals surface area (Å²) in [5.74, 6) is -4.17. The summed E-state index contributed by atoms with van der Waals surface area (Å²) in [7, 11) is 1.53. The van der Waals surface area contributed by atoms with Crippen LogP contribution in [0, 0.1) is 5.41 Å². The van der Waals surface area contributed by atoms with Crippen LogP contribution in [-0.2, 0) is 66.7 Å². The zero-order chi connectivity index (χ0) is 65.3. The summed E-state index contributed by atoms with van der Waals surface area (Å²) in [6.07, 6.45) is 62.5. The lowest BCUT2D eigenvalue weighted by Crippen LogP contribution is -2.37. The first kappa shape index (κ1) is 88.9. The van der Waals surface area contributed by atoms with Gasteiger partial charge in [-0.2, -0.15) is 0 Å². The molecule has 0 aromatic heterocycles. The van der Waals surface area contributed by atoms with Gasteiger partial charge < -0.3 is 48.1 Å². The summed E-state index contributed by atoms with van der Waals surface area (Å²) in [6.45, 7) is 10.0. The molecule has 88 heavy (non-hydrogen) atoms. The zero-order valence-electron chi connectivity index (χ0n) is 57.8. The molecule has 0 aromatic carbocycles. The third-order valence-corrected chi connectivity index (χ3v) is 15.5. The van der Waals surface area contributed by atoms with Crippen molar-refractivity contribution < 1.29 is 76.9 Å². The van der Waals surface area contributed by atoms with Crippen LogP contribution < -0.4 is 0 Å². The van der Waals surface area contributed by atoms with Crippen LogP contribution in [0.25, 0.3) is 0 Å². The summed E-state index contributed by atoms with van der Waals surface area (Å²) < 4.78 is 39.0. The quantitative estimate of drug-likeness (QED) is 0.0190. The second kappa shape index (κ2) is 74.4. The van der Waals surface area contributed by atoms with Crippen molar-refractivity contribution in [1.82, 2.24) is 0 Å². The Morgan fingerprint density at radius 1 is 0.273 bits per heavy atom. The van der Waals surface area contributed by atoms with Gasteiger partial charge in [-0.3, -0.25) is 9.59 Å². The molecule has 0 bridgehead atoms. The third-order valence-electron chi connectivity index (χ3n) is 15.5. The number of hydrogen-bond acceptors (Lipinski definition) is 16. The molecule has 0 aliphatic carbocycles. The van der Waals surface area contributed by atoms with Gasteiger partial charge in [0.1, 0.15) is 33.0 Å². The number of rotatable bonds is 64. The molecule has 0 aliphatic rings. The van der Waals surface area contributed by atoms with Crippen LogP contribution >= 0.6 is 0 Å². The molecule has 0 unspecified atom stereocenters. The summed E-state index contributed by atoms with van der Waals surface area (Å²) in [5, 5.41) is 17.2. The molecule has 0 spiro atoms. The molecule has 0 radical (unpaired) electrons. The Labute approximate surface area is 538 Å². The highest BCUT2D eigenvalue weighted by atomic mass is 16.6. The van der Waals surface area contributed by atoms with Gasteiger partial charge in [-0.25, -0.2) is 19.2 Å². The first-order valence-corrected chi connectivity index (χ1v) is 36.2. The van der Waals surface area contributed by atoms with Gasteiger partial charge >= 0.3 is 35.8 Å². The minimum Gasteiger partial charge on any atom is -0.465 e. The number of aliphatic hydroxyl groups is 2. The Balaban J connectivity index is -0.00000123. The number of methoxy groups -OCH3 is 1. The van der Waals surface area contributed by atoms with E-state index in [1.165, 1.54) is 278 Å². The molecule has 16 nitrogen and oxygen atoms in total. The predicted molar refractivity (Wildman–Crippen MR) is 355 cm³/mol. The fourth-order valence-corrected chi connectivity index (χ4v) is 9.84. The third kappa shape index (κ3) is 70.1. The Bertz CT molecular complexity index is 1510. The Hall–Kier alpha value is -3.34. The normalized spacial score (nSPS) is 11.0. The van der Waals surface area contributed by atoms with Crippen molar-refractivity contribution in [2.75, 3.05) is 79.8 Å². The van der Waals surface area contributed by atoms with Crippen LogP contribution in [0.1, 0.15) is 343 Å². The van der Waals surface area contributed by atoms with Gasteiger partial charge in [-0.1, -0.05) is 310 Å². The molecule has 0 aromatic rings. The molecular weight excluding hydrogens is 1120 g/mol. The van der Waals surface area contributed by atoms with E-state index in [-0.39, 0.29) is 52.9 Å². The molecule has 0 saturated heterocycles. The fourth-order valence-electron chi connectivity index (χ4n) is 9.84. The van der Waals surface area contributed by atoms with Crippen molar-refractivity contribution in [3.8, 4) is 0 Å². The van der Waals surface area contributed by atoms with Crippen molar-refractivity contribution in [3.05, 3.63) is 0 Å². The van der Waals surface area contributed by atoms with Gasteiger partial charge in [0.15, 0.2) is 5.41 Å². The number of unbranched alkanes of at least 4 members (excludes halogenated alkanes) is 45. The van der Waals surface area contributed by atoms with E-state index in [1.54, 1.807) is 0 Å². The summed E-state index contributed by atoms with van der Waals surface area (Å²) >= 11 is 0. The summed E-state index contributed by atoms with van der Waals surface area (Å²) in [4.78, 5) is 69.0. The minimum atomic E-state index is -1.33. The summed E-state index contributed by atoms with van der Waals surface area (Å²) in [6, 6.07) is 0. The van der Waals surface area contributed by atoms with E-state index in [0.717, 1.165) is 51.4 Å². The van der Waals surface area contributed by atoms with Crippen LogP contribution in [0.15, 0.2) is 0 Å². The van der Waals surface area contributed by atoms with Gasteiger partial charge in [0.25, 0.3) is 0 Å². The summed E-state index contributed by atoms with van der Waals surface area (Å²) in [5.41, 5.74) is -1.33. The van der Waals surface area contributed by atoms with Crippen molar-refractivity contribution in [3.63, 3.8) is 0 Å². The highest BCUT2D eigenvalue weighted by Crippen LogP contribution is 2.21. The topological polar surface area (TPSA) is 217 Å². The molecule has 522 valence electrons. The number of ether oxygens (including phenoxy) is 8. The Morgan fingerprint density at radius 2 is 0.489 bits per heavy atom. The Morgan fingerprint density at radius 3 is 0.761 bits per heavy atom. The largest absolute Gasteiger partial charge is 0.465 e. The van der Waals surface area contributed by atoms with Gasteiger partial charge in [0.2, 0.25) is 0 Å². The fraction of sp³-hybridized carbons (Fsp3) is 0.917. The van der Waals surface area contributed by atoms with Crippen LogP contribution in [0.5, 0.6) is 0 Å². The van der Waals surface area contributed by atoms with E-state index >= 15 is 0 Å². The van der Waals surface area contributed by atoms with E-state index in [2.05, 4.69) is 25.5 Å². The minimum absolute atomic E-state index is 0.103. The first-order valence-electron chi connectivity index (χ1n) is 36.2. The number of aliphatic hydroxyl groups excluding tert-OH is 2. The lowest BCUT2D eigenvalue weighted by atomic mass is 9.94. The molecule has 16 heteroatoms. The van der Waals surface area contributed by atoms with E-state index in [1.807, 2.05) is 0 Å². The lowest BCUT2D eigenvalue weighted by molar-refractivity contribution is -0.170. The molecule has 0 amide bonds. The number of esters is 6. The SMILES string of the molecule is CCCCCCCCCCCCCCCCCCOC(=O)C(=O)OCCO.CCCCCCCCCCCCCCCCCCOC(=O)C(C)(C)C(=O)OCCO.CCCCCCCCCCCCCCCCCCOC(=O)COCC(=O)OCCOC. The van der Waals surface area contributed by atoms with Crippen molar-refractivity contribution in [2.45, 2.75) is 343 Å². The van der Waals surface area contributed by atoms with E-state index in [0.29, 0.717) is 19.8 Å². The number of carbonyl (C=O) groups is 6. The van der Waals surface area contributed by atoms with Crippen LogP contribution in [0.2, 0.25) is 0 Å². The maximum atomic E-state index is 12.0. The van der Waals surface area contributed by atoms with Gasteiger partial charge in [-0.15, -0.1) is 0 Å². The first-order chi connectivity index (χ1) is 42.9. The van der Waals surface area contributed by atoms with E-state index < -0.39 is 41.2 Å². The highest BCUT2D eigenvalue weighted by Gasteiger charge is 2.39. The molecule has 0 aliphatic heterocycles. The second-order valence-electron chi connectivity index (χ2n) is 24.5. The van der Waals surface area contributed by atoms with Gasteiger partial charge in [0, 0.05) is 7.11 Å².